The lowest BCUT2D eigenvalue weighted by molar-refractivity contribution is -0.120. The number of carbonyl (C=O) groups excluding carboxylic acids is 1. The lowest BCUT2D eigenvalue weighted by atomic mass is 10.1. The Balaban J connectivity index is 1.43. The van der Waals surface area contributed by atoms with Crippen molar-refractivity contribution in [1.82, 2.24) is 14.9 Å². The first-order valence-electron chi connectivity index (χ1n) is 10.7. The average molecular weight is 448 g/mol. The predicted molar refractivity (Wildman–Crippen MR) is 125 cm³/mol. The number of halogens is 1. The van der Waals surface area contributed by atoms with E-state index in [0.717, 1.165) is 28.0 Å². The van der Waals surface area contributed by atoms with Gasteiger partial charge < -0.3 is 19.4 Å². The van der Waals surface area contributed by atoms with Crippen LogP contribution in [0.3, 0.4) is 0 Å². The quantitative estimate of drug-likeness (QED) is 0.419. The Labute approximate surface area is 192 Å². The number of aromatic nitrogens is 2. The molecule has 1 N–H and O–H groups in total. The summed E-state index contributed by atoms with van der Waals surface area (Å²) in [6, 6.07) is 19.8. The van der Waals surface area contributed by atoms with Crippen LogP contribution in [0.15, 0.2) is 66.7 Å². The van der Waals surface area contributed by atoms with Crippen molar-refractivity contribution in [2.24, 2.45) is 0 Å². The predicted octanol–water partition coefficient (Wildman–Crippen LogP) is 4.14. The Morgan fingerprint density at radius 1 is 0.970 bits per heavy atom. The zero-order chi connectivity index (χ0) is 23.2. The smallest absolute Gasteiger partial charge is 0.224 e. The highest BCUT2D eigenvalue weighted by Gasteiger charge is 2.12. The van der Waals surface area contributed by atoms with Gasteiger partial charge in [0.1, 0.15) is 11.6 Å². The maximum absolute atomic E-state index is 13.3. The largest absolute Gasteiger partial charge is 0.493 e. The number of nitrogens with one attached hydrogen (secondary N) is 1. The maximum atomic E-state index is 13.3. The van der Waals surface area contributed by atoms with Gasteiger partial charge in [0, 0.05) is 19.5 Å². The van der Waals surface area contributed by atoms with E-state index in [1.165, 1.54) is 12.1 Å². The van der Waals surface area contributed by atoms with Crippen molar-refractivity contribution in [1.29, 1.82) is 0 Å². The van der Waals surface area contributed by atoms with Crippen LogP contribution in [0.2, 0.25) is 0 Å². The zero-order valence-corrected chi connectivity index (χ0v) is 18.7. The second-order valence-electron chi connectivity index (χ2n) is 7.70. The molecule has 1 amide bonds. The molecule has 0 atom stereocenters. The van der Waals surface area contributed by atoms with Crippen molar-refractivity contribution in [3.05, 3.63) is 89.5 Å². The molecule has 0 saturated heterocycles. The summed E-state index contributed by atoms with van der Waals surface area (Å²) in [4.78, 5) is 17.2. The van der Waals surface area contributed by atoms with Gasteiger partial charge in [-0.3, -0.25) is 4.79 Å². The minimum atomic E-state index is -0.258. The summed E-state index contributed by atoms with van der Waals surface area (Å²) in [5.74, 6) is 1.75. The first-order chi connectivity index (χ1) is 16.1. The van der Waals surface area contributed by atoms with Crippen molar-refractivity contribution in [2.75, 3.05) is 20.8 Å². The summed E-state index contributed by atoms with van der Waals surface area (Å²) in [5, 5.41) is 2.97. The van der Waals surface area contributed by atoms with Crippen molar-refractivity contribution in [2.45, 2.75) is 19.4 Å². The van der Waals surface area contributed by atoms with E-state index < -0.39 is 0 Å². The fourth-order valence-corrected chi connectivity index (χ4v) is 3.82. The van der Waals surface area contributed by atoms with Crippen molar-refractivity contribution in [3.8, 4) is 11.5 Å². The molecule has 0 spiro atoms. The molecule has 33 heavy (non-hydrogen) atoms. The fourth-order valence-electron chi connectivity index (χ4n) is 3.82. The Morgan fingerprint density at radius 3 is 2.45 bits per heavy atom. The van der Waals surface area contributed by atoms with Gasteiger partial charge in [-0.1, -0.05) is 30.3 Å². The summed E-state index contributed by atoms with van der Waals surface area (Å²) in [6.45, 7) is 1.04. The van der Waals surface area contributed by atoms with Gasteiger partial charge in [-0.25, -0.2) is 9.37 Å². The van der Waals surface area contributed by atoms with Gasteiger partial charge >= 0.3 is 0 Å². The number of hydrogen-bond donors (Lipinski definition) is 1. The van der Waals surface area contributed by atoms with Gasteiger partial charge in [0.15, 0.2) is 11.5 Å². The normalized spacial score (nSPS) is 10.9. The van der Waals surface area contributed by atoms with E-state index >= 15 is 0 Å². The van der Waals surface area contributed by atoms with Gasteiger partial charge in [0.2, 0.25) is 5.91 Å². The number of methoxy groups -OCH3 is 2. The van der Waals surface area contributed by atoms with Crippen molar-refractivity contribution >= 4 is 16.9 Å². The molecule has 0 saturated carbocycles. The highest BCUT2D eigenvalue weighted by molar-refractivity contribution is 5.79. The molecule has 0 unspecified atom stereocenters. The second kappa shape index (κ2) is 10.2. The van der Waals surface area contributed by atoms with Gasteiger partial charge in [-0.15, -0.1) is 0 Å². The molecule has 4 rings (SSSR count). The third-order valence-electron chi connectivity index (χ3n) is 5.47. The van der Waals surface area contributed by atoms with E-state index in [1.54, 1.807) is 38.5 Å². The Hall–Kier alpha value is -3.87. The third kappa shape index (κ3) is 5.31. The topological polar surface area (TPSA) is 65.4 Å². The molecule has 1 aromatic heterocycles. The number of nitrogens with zero attached hydrogens (tertiary/aromatic N) is 2. The van der Waals surface area contributed by atoms with E-state index in [1.807, 2.05) is 30.3 Å². The van der Waals surface area contributed by atoms with Crippen LogP contribution in [-0.4, -0.2) is 36.2 Å². The number of hydrogen-bond acceptors (Lipinski definition) is 4. The number of benzene rings is 3. The van der Waals surface area contributed by atoms with Crippen LogP contribution in [0.1, 0.15) is 17.0 Å². The number of ether oxygens (including phenoxy) is 2. The number of carbonyl (C=O) groups is 1. The summed E-state index contributed by atoms with van der Waals surface area (Å²) in [6.07, 6.45) is 0.819. The monoisotopic (exact) mass is 447 g/mol. The van der Waals surface area contributed by atoms with Gasteiger partial charge in [0.25, 0.3) is 0 Å². The molecule has 0 aliphatic rings. The van der Waals surface area contributed by atoms with E-state index in [0.29, 0.717) is 31.0 Å². The molecular formula is C26H26FN3O3. The Bertz CT molecular complexity index is 1250. The SMILES string of the molecule is COc1ccc(CC(=O)NCCc2nc3ccccc3n2Cc2ccc(F)cc2)cc1OC. The molecule has 6 nitrogen and oxygen atoms in total. The van der Waals surface area contributed by atoms with Crippen LogP contribution in [0.25, 0.3) is 11.0 Å². The maximum Gasteiger partial charge on any atom is 0.224 e. The molecule has 0 radical (unpaired) electrons. The molecule has 0 fully saturated rings. The highest BCUT2D eigenvalue weighted by Crippen LogP contribution is 2.27. The number of imidazole rings is 1. The molecule has 7 heteroatoms. The summed E-state index contributed by atoms with van der Waals surface area (Å²) < 4.78 is 26.0. The highest BCUT2D eigenvalue weighted by atomic mass is 19.1. The third-order valence-corrected chi connectivity index (χ3v) is 5.47. The van der Waals surface area contributed by atoms with Crippen LogP contribution in [0.5, 0.6) is 11.5 Å². The Kier molecular flexibility index (Phi) is 6.88. The molecule has 3 aromatic carbocycles. The number of para-hydroxylation sites is 2. The molecule has 170 valence electrons. The molecular weight excluding hydrogens is 421 g/mol. The average Bonchev–Trinajstić information content (AvgIpc) is 3.17. The molecule has 0 aliphatic carbocycles. The minimum absolute atomic E-state index is 0.0802. The lowest BCUT2D eigenvalue weighted by Crippen LogP contribution is -2.28. The summed E-state index contributed by atoms with van der Waals surface area (Å²) >= 11 is 0. The summed E-state index contributed by atoms with van der Waals surface area (Å²) in [7, 11) is 3.15. The van der Waals surface area contributed by atoms with Crippen LogP contribution in [-0.2, 0) is 24.2 Å². The molecule has 0 aliphatic heterocycles. The van der Waals surface area contributed by atoms with Crippen molar-refractivity contribution < 1.29 is 18.7 Å². The number of amides is 1. The van der Waals surface area contributed by atoms with Gasteiger partial charge in [-0.2, -0.15) is 0 Å². The minimum Gasteiger partial charge on any atom is -0.493 e. The zero-order valence-electron chi connectivity index (χ0n) is 18.7. The Morgan fingerprint density at radius 2 is 1.70 bits per heavy atom. The van der Waals surface area contributed by atoms with Crippen molar-refractivity contribution in [3.63, 3.8) is 0 Å². The summed E-state index contributed by atoms with van der Waals surface area (Å²) in [5.41, 5.74) is 3.73. The second-order valence-corrected chi connectivity index (χ2v) is 7.70. The number of fused-ring (bicyclic) bond motifs is 1. The number of rotatable bonds is 9. The van der Waals surface area contributed by atoms with Gasteiger partial charge in [0.05, 0.1) is 31.7 Å². The molecule has 0 bridgehead atoms. The van der Waals surface area contributed by atoms with Crippen LogP contribution in [0, 0.1) is 5.82 Å². The van der Waals surface area contributed by atoms with E-state index in [2.05, 4.69) is 9.88 Å². The van der Waals surface area contributed by atoms with Crippen LogP contribution in [0.4, 0.5) is 4.39 Å². The first-order valence-corrected chi connectivity index (χ1v) is 10.7. The van der Waals surface area contributed by atoms with Gasteiger partial charge in [-0.05, 0) is 47.5 Å². The fraction of sp³-hybridized carbons (Fsp3) is 0.231. The van der Waals surface area contributed by atoms with Crippen LogP contribution >= 0.6 is 0 Å². The van der Waals surface area contributed by atoms with E-state index in [-0.39, 0.29) is 18.1 Å². The first kappa shape index (κ1) is 22.3. The van der Waals surface area contributed by atoms with Crippen LogP contribution < -0.4 is 14.8 Å². The van der Waals surface area contributed by atoms with E-state index in [9.17, 15) is 9.18 Å². The standard InChI is InChI=1S/C26H26FN3O3/c1-32-23-12-9-19(15-24(23)33-2)16-26(31)28-14-13-25-29-21-5-3-4-6-22(21)30(25)17-18-7-10-20(27)11-8-18/h3-12,15H,13-14,16-17H2,1-2H3,(H,28,31). The molecule has 4 aromatic rings. The molecule has 1 heterocycles. The lowest BCUT2D eigenvalue weighted by Gasteiger charge is -2.11. The van der Waals surface area contributed by atoms with E-state index in [4.69, 9.17) is 14.5 Å².